The minimum atomic E-state index is -0.407. The van der Waals surface area contributed by atoms with E-state index in [0.29, 0.717) is 32.3 Å². The molecule has 25 heavy (non-hydrogen) atoms. The Morgan fingerprint density at radius 1 is 0.880 bits per heavy atom. The number of amides is 1. The number of para-hydroxylation sites is 1. The van der Waals surface area contributed by atoms with E-state index in [0.717, 1.165) is 0 Å². The summed E-state index contributed by atoms with van der Waals surface area (Å²) in [5.41, 5.74) is 1.38. The number of hydrogen-bond acceptors (Lipinski definition) is 4. The van der Waals surface area contributed by atoms with E-state index in [1.54, 1.807) is 24.3 Å². The van der Waals surface area contributed by atoms with Crippen LogP contribution in [0.2, 0.25) is 15.1 Å². The van der Waals surface area contributed by atoms with Gasteiger partial charge in [-0.25, -0.2) is 9.97 Å². The lowest BCUT2D eigenvalue weighted by Gasteiger charge is -2.08. The zero-order valence-corrected chi connectivity index (χ0v) is 14.9. The maximum absolute atomic E-state index is 12.2. The fourth-order valence-electron chi connectivity index (χ4n) is 1.98. The molecule has 1 heterocycles. The zero-order chi connectivity index (χ0) is 17.8. The summed E-state index contributed by atoms with van der Waals surface area (Å²) < 4.78 is 0. The van der Waals surface area contributed by atoms with Crippen LogP contribution >= 0.6 is 34.8 Å². The molecule has 5 nitrogen and oxygen atoms in total. The van der Waals surface area contributed by atoms with Crippen molar-refractivity contribution in [2.45, 2.75) is 0 Å². The van der Waals surface area contributed by atoms with Crippen LogP contribution in [0.25, 0.3) is 0 Å². The van der Waals surface area contributed by atoms with Gasteiger partial charge in [0, 0.05) is 5.69 Å². The molecule has 0 radical (unpaired) electrons. The lowest BCUT2D eigenvalue weighted by atomic mass is 10.3. The van der Waals surface area contributed by atoms with Crippen molar-refractivity contribution >= 4 is 57.9 Å². The van der Waals surface area contributed by atoms with Crippen molar-refractivity contribution in [3.05, 3.63) is 75.6 Å². The predicted octanol–water partition coefficient (Wildman–Crippen LogP) is 5.43. The Balaban J connectivity index is 1.70. The number of rotatable bonds is 4. The Labute approximate surface area is 159 Å². The first kappa shape index (κ1) is 17.5. The molecule has 8 heteroatoms. The first-order valence-corrected chi connectivity index (χ1v) is 8.26. The first-order chi connectivity index (χ1) is 12.0. The number of carbonyl (C=O) groups excluding carboxylic acids is 1. The average molecular weight is 394 g/mol. The number of hydrogen-bond donors (Lipinski definition) is 2. The Morgan fingerprint density at radius 3 is 2.36 bits per heavy atom. The van der Waals surface area contributed by atoms with Crippen LogP contribution in [0.1, 0.15) is 10.5 Å². The second kappa shape index (κ2) is 7.70. The molecule has 126 valence electrons. The number of anilines is 3. The largest absolute Gasteiger partial charge is 0.338 e. The smallest absolute Gasteiger partial charge is 0.275 e. The highest BCUT2D eigenvalue weighted by Crippen LogP contribution is 2.25. The second-order valence-corrected chi connectivity index (χ2v) is 6.20. The van der Waals surface area contributed by atoms with E-state index in [-0.39, 0.29) is 5.69 Å². The molecule has 1 amide bonds. The fourth-order valence-corrected chi connectivity index (χ4v) is 2.46. The minimum absolute atomic E-state index is 0.163. The summed E-state index contributed by atoms with van der Waals surface area (Å²) >= 11 is 17.8. The second-order valence-electron chi connectivity index (χ2n) is 4.97. The highest BCUT2D eigenvalue weighted by atomic mass is 35.5. The van der Waals surface area contributed by atoms with Crippen molar-refractivity contribution in [3.63, 3.8) is 0 Å². The quantitative estimate of drug-likeness (QED) is 0.620. The molecule has 1 aromatic heterocycles. The van der Waals surface area contributed by atoms with Crippen LogP contribution in [0.5, 0.6) is 0 Å². The molecule has 0 spiro atoms. The molecule has 0 aliphatic carbocycles. The van der Waals surface area contributed by atoms with Crippen LogP contribution in [0.15, 0.2) is 54.9 Å². The zero-order valence-electron chi connectivity index (χ0n) is 12.6. The van der Waals surface area contributed by atoms with E-state index in [4.69, 9.17) is 34.8 Å². The van der Waals surface area contributed by atoms with Gasteiger partial charge in [-0.1, -0.05) is 46.9 Å². The molecule has 3 aromatic rings. The fraction of sp³-hybridized carbons (Fsp3) is 0. The molecule has 0 saturated carbocycles. The average Bonchev–Trinajstić information content (AvgIpc) is 2.61. The van der Waals surface area contributed by atoms with Crippen LogP contribution in [0.3, 0.4) is 0 Å². The van der Waals surface area contributed by atoms with Crippen LogP contribution in [-0.2, 0) is 0 Å². The molecule has 2 N–H and O–H groups in total. The van der Waals surface area contributed by atoms with Gasteiger partial charge in [0.1, 0.15) is 11.5 Å². The molecule has 0 bridgehead atoms. The highest BCUT2D eigenvalue weighted by Gasteiger charge is 2.10. The lowest BCUT2D eigenvalue weighted by molar-refractivity contribution is 0.102. The van der Waals surface area contributed by atoms with E-state index in [2.05, 4.69) is 20.6 Å². The summed E-state index contributed by atoms with van der Waals surface area (Å²) in [4.78, 5) is 20.5. The van der Waals surface area contributed by atoms with Crippen molar-refractivity contribution in [1.82, 2.24) is 9.97 Å². The third kappa shape index (κ3) is 4.39. The van der Waals surface area contributed by atoms with E-state index in [9.17, 15) is 4.79 Å². The van der Waals surface area contributed by atoms with Gasteiger partial charge in [0.25, 0.3) is 5.91 Å². The predicted molar refractivity (Wildman–Crippen MR) is 101 cm³/mol. The molecule has 0 aliphatic rings. The van der Waals surface area contributed by atoms with Crippen LogP contribution < -0.4 is 10.6 Å². The van der Waals surface area contributed by atoms with Crippen molar-refractivity contribution in [1.29, 1.82) is 0 Å². The summed E-state index contributed by atoms with van der Waals surface area (Å²) in [7, 11) is 0. The molecule has 0 aliphatic heterocycles. The monoisotopic (exact) mass is 392 g/mol. The number of nitrogens with one attached hydrogen (secondary N) is 2. The van der Waals surface area contributed by atoms with Gasteiger partial charge in [-0.05, 0) is 30.3 Å². The van der Waals surface area contributed by atoms with Gasteiger partial charge >= 0.3 is 0 Å². The molecular formula is C17H11Cl3N4O. The van der Waals surface area contributed by atoms with Crippen LogP contribution in [0, 0.1) is 0 Å². The van der Waals surface area contributed by atoms with Crippen LogP contribution in [0.4, 0.5) is 17.2 Å². The van der Waals surface area contributed by atoms with Gasteiger partial charge in [-0.2, -0.15) is 0 Å². The van der Waals surface area contributed by atoms with E-state index >= 15 is 0 Å². The minimum Gasteiger partial charge on any atom is -0.338 e. The van der Waals surface area contributed by atoms with Crippen molar-refractivity contribution in [2.24, 2.45) is 0 Å². The van der Waals surface area contributed by atoms with Gasteiger partial charge in [0.05, 0.1) is 33.1 Å². The number of aromatic nitrogens is 2. The Bertz CT molecular complexity index is 916. The van der Waals surface area contributed by atoms with Crippen LogP contribution in [-0.4, -0.2) is 15.9 Å². The molecule has 0 saturated heterocycles. The van der Waals surface area contributed by atoms with Crippen molar-refractivity contribution in [2.75, 3.05) is 10.6 Å². The summed E-state index contributed by atoms with van der Waals surface area (Å²) in [6, 6.07) is 12.1. The van der Waals surface area contributed by atoms with Gasteiger partial charge < -0.3 is 10.6 Å². The maximum Gasteiger partial charge on any atom is 0.275 e. The Hall–Kier alpha value is -2.34. The molecule has 2 aromatic carbocycles. The number of halogens is 3. The molecule has 0 atom stereocenters. The SMILES string of the molecule is O=C(Nc1ccc(Cl)c(Cl)c1)c1cnc(Nc2ccccc2Cl)cn1. The normalized spacial score (nSPS) is 10.4. The standard InChI is InChI=1S/C17H11Cl3N4O/c18-11-6-5-10(7-13(11)20)23-17(25)15-8-22-16(9-21-15)24-14-4-2-1-3-12(14)19/h1-9H,(H,22,24)(H,23,25). The third-order valence-electron chi connectivity index (χ3n) is 3.20. The highest BCUT2D eigenvalue weighted by molar-refractivity contribution is 6.42. The van der Waals surface area contributed by atoms with Gasteiger partial charge in [-0.15, -0.1) is 0 Å². The third-order valence-corrected chi connectivity index (χ3v) is 4.27. The number of benzene rings is 2. The maximum atomic E-state index is 12.2. The topological polar surface area (TPSA) is 66.9 Å². The molecular weight excluding hydrogens is 383 g/mol. The summed E-state index contributed by atoms with van der Waals surface area (Å²) in [6.45, 7) is 0. The van der Waals surface area contributed by atoms with Gasteiger partial charge in [-0.3, -0.25) is 4.79 Å². The van der Waals surface area contributed by atoms with Gasteiger partial charge in [0.15, 0.2) is 0 Å². The van der Waals surface area contributed by atoms with E-state index in [1.165, 1.54) is 12.4 Å². The van der Waals surface area contributed by atoms with E-state index in [1.807, 2.05) is 18.2 Å². The number of carbonyl (C=O) groups is 1. The van der Waals surface area contributed by atoms with Crippen molar-refractivity contribution in [3.8, 4) is 0 Å². The lowest BCUT2D eigenvalue weighted by Crippen LogP contribution is -2.14. The van der Waals surface area contributed by atoms with Crippen molar-refractivity contribution < 1.29 is 4.79 Å². The Kier molecular flexibility index (Phi) is 5.38. The summed E-state index contributed by atoms with van der Waals surface area (Å²) in [5.74, 6) is 0.0642. The molecule has 3 rings (SSSR count). The van der Waals surface area contributed by atoms with Gasteiger partial charge in [0.2, 0.25) is 0 Å². The summed E-state index contributed by atoms with van der Waals surface area (Å²) in [6.07, 6.45) is 2.82. The summed E-state index contributed by atoms with van der Waals surface area (Å²) in [5, 5.41) is 7.03. The first-order valence-electron chi connectivity index (χ1n) is 7.13. The Morgan fingerprint density at radius 2 is 1.68 bits per heavy atom. The molecule has 0 unspecified atom stereocenters. The van der Waals surface area contributed by atoms with E-state index < -0.39 is 5.91 Å². The molecule has 0 fully saturated rings. The number of nitrogens with zero attached hydrogens (tertiary/aromatic N) is 2.